The van der Waals surface area contributed by atoms with Gasteiger partial charge in [-0.1, -0.05) is 0 Å². The Kier molecular flexibility index (Phi) is 1.60. The molecule has 0 radical (unpaired) electrons. The molecule has 7 nitrogen and oxygen atoms in total. The third kappa shape index (κ3) is 1.15. The van der Waals surface area contributed by atoms with Crippen LogP contribution in [0.1, 0.15) is 5.69 Å². The van der Waals surface area contributed by atoms with Crippen molar-refractivity contribution in [2.24, 2.45) is 0 Å². The molecule has 0 aliphatic carbocycles. The summed E-state index contributed by atoms with van der Waals surface area (Å²) in [5, 5.41) is 16.7. The number of rotatable bonds is 0. The lowest BCUT2D eigenvalue weighted by Crippen LogP contribution is -2.20. The molecule has 0 fully saturated rings. The number of nitrogens with two attached hydrogens (primary N) is 1. The summed E-state index contributed by atoms with van der Waals surface area (Å²) in [6.45, 7) is 1.71. The van der Waals surface area contributed by atoms with Crippen molar-refractivity contribution in [3.05, 3.63) is 17.5 Å². The fourth-order valence-electron chi connectivity index (χ4n) is 1.17. The second-order valence-corrected chi connectivity index (χ2v) is 2.83. The van der Waals surface area contributed by atoms with E-state index in [1.54, 1.807) is 6.92 Å². The number of fused-ring (bicyclic) bond motifs is 1. The van der Waals surface area contributed by atoms with Crippen molar-refractivity contribution in [1.29, 1.82) is 5.41 Å². The molecule has 0 aromatic heterocycles. The summed E-state index contributed by atoms with van der Waals surface area (Å²) in [5.74, 6) is 0.222. The molecule has 2 aliphatic heterocycles. The highest BCUT2D eigenvalue weighted by Gasteiger charge is 2.14. The molecule has 0 saturated carbocycles. The van der Waals surface area contributed by atoms with Gasteiger partial charge in [0.15, 0.2) is 11.5 Å². The molecular weight excluding hydrogens is 184 g/mol. The van der Waals surface area contributed by atoms with E-state index in [0.29, 0.717) is 11.4 Å². The van der Waals surface area contributed by atoms with Crippen LogP contribution in [0.15, 0.2) is 6.20 Å². The van der Waals surface area contributed by atoms with Crippen LogP contribution in [0.2, 0.25) is 0 Å². The summed E-state index contributed by atoms with van der Waals surface area (Å²) in [7, 11) is 0. The molecule has 72 valence electrons. The Labute approximate surface area is 78.7 Å². The minimum absolute atomic E-state index is 0.0894. The van der Waals surface area contributed by atoms with Crippen molar-refractivity contribution < 1.29 is 5.21 Å². The smallest absolute Gasteiger partial charge is 0.246 e. The van der Waals surface area contributed by atoms with E-state index >= 15 is 0 Å². The first-order chi connectivity index (χ1) is 6.58. The number of hydrogen-bond donors (Lipinski definition) is 3. The largest absolute Gasteiger partial charge is 0.427 e. The molecule has 0 atom stereocenters. The highest BCUT2D eigenvalue weighted by molar-refractivity contribution is 5.63. The first kappa shape index (κ1) is 8.42. The molecule has 0 bridgehead atoms. The molecule has 2 heterocycles. The highest BCUT2D eigenvalue weighted by Crippen LogP contribution is 2.18. The van der Waals surface area contributed by atoms with Crippen LogP contribution in [-0.2, 0) is 0 Å². The molecule has 0 spiro atoms. The Morgan fingerprint density at radius 3 is 2.86 bits per heavy atom. The van der Waals surface area contributed by atoms with Crippen molar-refractivity contribution in [1.82, 2.24) is 19.7 Å². The lowest BCUT2D eigenvalue weighted by atomic mass is 10.3. The van der Waals surface area contributed by atoms with Crippen LogP contribution in [0.4, 0.5) is 5.82 Å². The Hall–Kier alpha value is -2.18. The molecule has 2 aliphatic rings. The maximum Gasteiger partial charge on any atom is 0.246 e. The van der Waals surface area contributed by atoms with Crippen LogP contribution in [0.25, 0.3) is 11.5 Å². The van der Waals surface area contributed by atoms with Gasteiger partial charge in [-0.05, 0) is 6.92 Å². The van der Waals surface area contributed by atoms with Gasteiger partial charge in [-0.3, -0.25) is 5.41 Å². The predicted molar refractivity (Wildman–Crippen MR) is 46.6 cm³/mol. The maximum atomic E-state index is 9.45. The Bertz CT molecular complexity index is 519. The first-order valence-electron chi connectivity index (χ1n) is 3.85. The Balaban J connectivity index is 2.93. The lowest BCUT2D eigenvalue weighted by molar-refractivity contribution is 0.184. The quantitative estimate of drug-likeness (QED) is 0.481. The van der Waals surface area contributed by atoms with Gasteiger partial charge in [-0.15, -0.1) is 0 Å². The first-order valence-corrected chi connectivity index (χ1v) is 3.85. The summed E-state index contributed by atoms with van der Waals surface area (Å²) >= 11 is 0. The van der Waals surface area contributed by atoms with Gasteiger partial charge in [0.05, 0.1) is 11.9 Å². The SMILES string of the molecule is Cc1cn(O)c2nc(=N)nc(N)c-2n1. The van der Waals surface area contributed by atoms with Crippen molar-refractivity contribution in [3.8, 4) is 11.5 Å². The normalized spacial score (nSPS) is 10.6. The molecular formula is C7H8N6O. The molecule has 4 N–H and O–H groups in total. The third-order valence-corrected chi connectivity index (χ3v) is 1.71. The van der Waals surface area contributed by atoms with Crippen LogP contribution in [-0.4, -0.2) is 24.9 Å². The number of aromatic nitrogens is 4. The van der Waals surface area contributed by atoms with E-state index in [-0.39, 0.29) is 17.3 Å². The van der Waals surface area contributed by atoms with Gasteiger partial charge in [0.2, 0.25) is 11.4 Å². The standard InChI is InChI=1S/C7H8N6O/c1-3-2-13(14)6-4(10-3)5(8)11-7(9)12-6/h2,14H,1H3,(H3,8,9,11). The van der Waals surface area contributed by atoms with Crippen LogP contribution < -0.4 is 11.4 Å². The lowest BCUT2D eigenvalue weighted by Gasteiger charge is -2.09. The average molecular weight is 192 g/mol. The summed E-state index contributed by atoms with van der Waals surface area (Å²) in [6.07, 6.45) is 1.38. The van der Waals surface area contributed by atoms with Crippen molar-refractivity contribution in [3.63, 3.8) is 0 Å². The summed E-state index contributed by atoms with van der Waals surface area (Å²) in [6, 6.07) is 0. The number of aryl methyl sites for hydroxylation is 1. The molecule has 0 saturated heterocycles. The van der Waals surface area contributed by atoms with E-state index in [0.717, 1.165) is 4.73 Å². The highest BCUT2D eigenvalue weighted by atomic mass is 16.5. The van der Waals surface area contributed by atoms with E-state index < -0.39 is 0 Å². The predicted octanol–water partition coefficient (Wildman–Crippen LogP) is -0.615. The average Bonchev–Trinajstić information content (AvgIpc) is 2.07. The van der Waals surface area contributed by atoms with Gasteiger partial charge in [-0.2, -0.15) is 14.7 Å². The van der Waals surface area contributed by atoms with Gasteiger partial charge in [0, 0.05) is 0 Å². The van der Waals surface area contributed by atoms with E-state index in [1.165, 1.54) is 6.20 Å². The molecule has 7 heteroatoms. The number of anilines is 1. The van der Waals surface area contributed by atoms with Gasteiger partial charge >= 0.3 is 0 Å². The third-order valence-electron chi connectivity index (χ3n) is 1.71. The molecule has 0 aromatic rings. The maximum absolute atomic E-state index is 9.45. The van der Waals surface area contributed by atoms with Crippen LogP contribution in [0.3, 0.4) is 0 Å². The second-order valence-electron chi connectivity index (χ2n) is 2.83. The fraction of sp³-hybridized carbons (Fsp3) is 0.143. The fourth-order valence-corrected chi connectivity index (χ4v) is 1.17. The Morgan fingerprint density at radius 1 is 1.43 bits per heavy atom. The Morgan fingerprint density at radius 2 is 2.14 bits per heavy atom. The molecule has 0 amide bonds. The number of hydrogen-bond acceptors (Lipinski definition) is 6. The zero-order chi connectivity index (χ0) is 10.3. The van der Waals surface area contributed by atoms with Crippen molar-refractivity contribution in [2.45, 2.75) is 6.92 Å². The summed E-state index contributed by atoms with van der Waals surface area (Å²) in [5.41, 5.74) is 6.18. The van der Waals surface area contributed by atoms with Crippen molar-refractivity contribution >= 4 is 5.82 Å². The molecule has 0 aromatic carbocycles. The zero-order valence-electron chi connectivity index (χ0n) is 7.39. The van der Waals surface area contributed by atoms with Crippen LogP contribution >= 0.6 is 0 Å². The van der Waals surface area contributed by atoms with Gasteiger partial charge in [0.25, 0.3) is 0 Å². The monoisotopic (exact) mass is 192 g/mol. The number of nitrogen functional groups attached to an aromatic ring is 1. The van der Waals surface area contributed by atoms with E-state index in [1.807, 2.05) is 0 Å². The topological polar surface area (TPSA) is 114 Å². The van der Waals surface area contributed by atoms with E-state index in [2.05, 4.69) is 15.0 Å². The summed E-state index contributed by atoms with van der Waals surface area (Å²) < 4.78 is 0.785. The zero-order valence-corrected chi connectivity index (χ0v) is 7.39. The number of nitrogens with zero attached hydrogens (tertiary/aromatic N) is 4. The van der Waals surface area contributed by atoms with Crippen LogP contribution in [0, 0.1) is 12.3 Å². The minimum Gasteiger partial charge on any atom is -0.427 e. The van der Waals surface area contributed by atoms with Crippen LogP contribution in [0.5, 0.6) is 0 Å². The van der Waals surface area contributed by atoms with E-state index in [9.17, 15) is 5.21 Å². The molecule has 0 unspecified atom stereocenters. The minimum atomic E-state index is -0.247. The van der Waals surface area contributed by atoms with E-state index in [4.69, 9.17) is 11.1 Å². The van der Waals surface area contributed by atoms with Gasteiger partial charge in [-0.25, -0.2) is 4.98 Å². The molecule has 2 rings (SSSR count). The number of nitrogens with one attached hydrogen (secondary N) is 1. The van der Waals surface area contributed by atoms with Gasteiger partial charge < -0.3 is 10.9 Å². The van der Waals surface area contributed by atoms with Gasteiger partial charge in [0.1, 0.15) is 0 Å². The molecule has 14 heavy (non-hydrogen) atoms. The summed E-state index contributed by atoms with van der Waals surface area (Å²) in [4.78, 5) is 11.4. The van der Waals surface area contributed by atoms with Crippen molar-refractivity contribution in [2.75, 3.05) is 5.73 Å². The second kappa shape index (κ2) is 2.66.